The van der Waals surface area contributed by atoms with Gasteiger partial charge in [-0.2, -0.15) is 0 Å². The highest BCUT2D eigenvalue weighted by molar-refractivity contribution is 4.91. The van der Waals surface area contributed by atoms with Crippen LogP contribution in [0.3, 0.4) is 0 Å². The summed E-state index contributed by atoms with van der Waals surface area (Å²) >= 11 is 0. The third kappa shape index (κ3) is 6.71. The molecule has 0 atom stereocenters. The van der Waals surface area contributed by atoms with Crippen molar-refractivity contribution < 1.29 is 4.74 Å². The van der Waals surface area contributed by atoms with Gasteiger partial charge in [0.1, 0.15) is 0 Å². The van der Waals surface area contributed by atoms with Crippen LogP contribution in [0.1, 0.15) is 39.3 Å². The maximum absolute atomic E-state index is 5.55. The number of aromatic nitrogens is 3. The summed E-state index contributed by atoms with van der Waals surface area (Å²) in [5.41, 5.74) is 0.991. The summed E-state index contributed by atoms with van der Waals surface area (Å²) < 4.78 is 7.40. The van der Waals surface area contributed by atoms with Crippen LogP contribution in [0.15, 0.2) is 6.20 Å². The Morgan fingerprint density at radius 1 is 1.39 bits per heavy atom. The van der Waals surface area contributed by atoms with Gasteiger partial charge in [-0.3, -0.25) is 0 Å². The van der Waals surface area contributed by atoms with Gasteiger partial charge < -0.3 is 10.1 Å². The summed E-state index contributed by atoms with van der Waals surface area (Å²) in [5.74, 6) is 0.701. The summed E-state index contributed by atoms with van der Waals surface area (Å²) in [7, 11) is 0. The minimum Gasteiger partial charge on any atom is -0.380 e. The molecule has 5 nitrogen and oxygen atoms in total. The van der Waals surface area contributed by atoms with E-state index in [2.05, 4.69) is 36.4 Å². The Morgan fingerprint density at radius 2 is 2.22 bits per heavy atom. The van der Waals surface area contributed by atoms with E-state index in [-0.39, 0.29) is 0 Å². The van der Waals surface area contributed by atoms with Crippen molar-refractivity contribution in [1.29, 1.82) is 0 Å². The average molecular weight is 254 g/mol. The van der Waals surface area contributed by atoms with Crippen LogP contribution in [0.5, 0.6) is 0 Å². The molecule has 1 heterocycles. The highest BCUT2D eigenvalue weighted by Crippen LogP contribution is 1.99. The van der Waals surface area contributed by atoms with Gasteiger partial charge in [0.2, 0.25) is 0 Å². The molecule has 0 amide bonds. The molecule has 0 bridgehead atoms. The minimum absolute atomic E-state index is 0.701. The lowest BCUT2D eigenvalue weighted by Gasteiger charge is -2.05. The molecule has 1 N–H and O–H groups in total. The molecule has 0 aliphatic carbocycles. The van der Waals surface area contributed by atoms with Crippen molar-refractivity contribution in [2.45, 2.75) is 46.7 Å². The molecule has 0 unspecified atom stereocenters. The first-order valence-corrected chi connectivity index (χ1v) is 6.89. The van der Waals surface area contributed by atoms with Gasteiger partial charge in [0.25, 0.3) is 0 Å². The van der Waals surface area contributed by atoms with Crippen LogP contribution in [0.25, 0.3) is 0 Å². The van der Waals surface area contributed by atoms with E-state index in [1.54, 1.807) is 0 Å². The molecule has 0 aliphatic heterocycles. The predicted molar refractivity (Wildman–Crippen MR) is 72.3 cm³/mol. The van der Waals surface area contributed by atoms with Gasteiger partial charge in [0, 0.05) is 19.3 Å². The van der Waals surface area contributed by atoms with E-state index in [0.29, 0.717) is 12.5 Å². The SMILES string of the molecule is CCCNCc1cn(CCOCCC(C)C)nn1. The zero-order valence-corrected chi connectivity index (χ0v) is 11.9. The van der Waals surface area contributed by atoms with Gasteiger partial charge >= 0.3 is 0 Å². The molecule has 0 spiro atoms. The third-order valence-electron chi connectivity index (χ3n) is 2.62. The Balaban J connectivity index is 2.11. The van der Waals surface area contributed by atoms with Crippen molar-refractivity contribution in [3.63, 3.8) is 0 Å². The third-order valence-corrected chi connectivity index (χ3v) is 2.62. The second-order valence-electron chi connectivity index (χ2n) is 4.94. The summed E-state index contributed by atoms with van der Waals surface area (Å²) in [6.07, 6.45) is 4.23. The number of nitrogens with zero attached hydrogens (tertiary/aromatic N) is 3. The normalized spacial score (nSPS) is 11.3. The van der Waals surface area contributed by atoms with Crippen molar-refractivity contribution >= 4 is 0 Å². The largest absolute Gasteiger partial charge is 0.380 e. The molecule has 1 rings (SSSR count). The van der Waals surface area contributed by atoms with Crippen molar-refractivity contribution in [1.82, 2.24) is 20.3 Å². The van der Waals surface area contributed by atoms with Crippen molar-refractivity contribution in [2.75, 3.05) is 19.8 Å². The predicted octanol–water partition coefficient (Wildman–Crippen LogP) is 1.84. The van der Waals surface area contributed by atoms with E-state index in [4.69, 9.17) is 4.74 Å². The molecular formula is C13H26N4O. The summed E-state index contributed by atoms with van der Waals surface area (Å²) in [5, 5.41) is 11.5. The first-order chi connectivity index (χ1) is 8.72. The summed E-state index contributed by atoms with van der Waals surface area (Å²) in [4.78, 5) is 0. The Hall–Kier alpha value is -0.940. The van der Waals surface area contributed by atoms with Crippen LogP contribution in [-0.4, -0.2) is 34.8 Å². The lowest BCUT2D eigenvalue weighted by atomic mass is 10.1. The number of nitrogens with one attached hydrogen (secondary N) is 1. The van der Waals surface area contributed by atoms with Gasteiger partial charge in [-0.15, -0.1) is 5.10 Å². The van der Waals surface area contributed by atoms with Crippen LogP contribution < -0.4 is 5.32 Å². The molecular weight excluding hydrogens is 228 g/mol. The molecule has 5 heteroatoms. The van der Waals surface area contributed by atoms with Gasteiger partial charge in [-0.1, -0.05) is 26.0 Å². The quantitative estimate of drug-likeness (QED) is 0.647. The zero-order chi connectivity index (χ0) is 13.2. The fraction of sp³-hybridized carbons (Fsp3) is 0.846. The molecule has 0 radical (unpaired) electrons. The molecule has 1 aromatic heterocycles. The molecule has 0 aliphatic rings. The van der Waals surface area contributed by atoms with Crippen molar-refractivity contribution in [2.24, 2.45) is 5.92 Å². The highest BCUT2D eigenvalue weighted by atomic mass is 16.5. The van der Waals surface area contributed by atoms with E-state index in [1.165, 1.54) is 0 Å². The van der Waals surface area contributed by atoms with Crippen LogP contribution in [0.2, 0.25) is 0 Å². The van der Waals surface area contributed by atoms with Crippen molar-refractivity contribution in [3.8, 4) is 0 Å². The van der Waals surface area contributed by atoms with E-state index >= 15 is 0 Å². The maximum Gasteiger partial charge on any atom is 0.0964 e. The molecule has 0 aromatic carbocycles. The Labute approximate surface area is 110 Å². The molecule has 0 saturated carbocycles. The van der Waals surface area contributed by atoms with Gasteiger partial charge in [0.15, 0.2) is 0 Å². The Bertz CT molecular complexity index is 312. The topological polar surface area (TPSA) is 52.0 Å². The highest BCUT2D eigenvalue weighted by Gasteiger charge is 2.00. The van der Waals surface area contributed by atoms with Crippen LogP contribution in [0.4, 0.5) is 0 Å². The number of hydrogen-bond donors (Lipinski definition) is 1. The summed E-state index contributed by atoms with van der Waals surface area (Å²) in [6.45, 7) is 10.7. The number of ether oxygens (including phenoxy) is 1. The monoisotopic (exact) mass is 254 g/mol. The molecule has 18 heavy (non-hydrogen) atoms. The van der Waals surface area contributed by atoms with E-state index in [1.807, 2.05) is 10.9 Å². The molecule has 0 saturated heterocycles. The fourth-order valence-electron chi connectivity index (χ4n) is 1.50. The molecule has 0 fully saturated rings. The second kappa shape index (κ2) is 9.05. The smallest absolute Gasteiger partial charge is 0.0964 e. The standard InChI is InChI=1S/C13H26N4O/c1-4-6-14-10-13-11-17(16-15-13)7-9-18-8-5-12(2)3/h11-12,14H,4-10H2,1-3H3. The van der Waals surface area contributed by atoms with Gasteiger partial charge in [-0.05, 0) is 25.3 Å². The van der Waals surface area contributed by atoms with Crippen LogP contribution >= 0.6 is 0 Å². The molecule has 1 aromatic rings. The average Bonchev–Trinajstić information content (AvgIpc) is 2.77. The Morgan fingerprint density at radius 3 is 2.94 bits per heavy atom. The lowest BCUT2D eigenvalue weighted by Crippen LogP contribution is -2.14. The van der Waals surface area contributed by atoms with Gasteiger partial charge in [-0.25, -0.2) is 4.68 Å². The molecule has 104 valence electrons. The maximum atomic E-state index is 5.55. The van der Waals surface area contributed by atoms with E-state index in [0.717, 1.165) is 44.8 Å². The minimum atomic E-state index is 0.701. The van der Waals surface area contributed by atoms with E-state index < -0.39 is 0 Å². The number of hydrogen-bond acceptors (Lipinski definition) is 4. The van der Waals surface area contributed by atoms with Crippen LogP contribution in [0, 0.1) is 5.92 Å². The zero-order valence-electron chi connectivity index (χ0n) is 11.9. The fourth-order valence-corrected chi connectivity index (χ4v) is 1.50. The number of rotatable bonds is 10. The lowest BCUT2D eigenvalue weighted by molar-refractivity contribution is 0.113. The second-order valence-corrected chi connectivity index (χ2v) is 4.94. The first-order valence-electron chi connectivity index (χ1n) is 6.89. The Kier molecular flexibility index (Phi) is 7.60. The van der Waals surface area contributed by atoms with Gasteiger partial charge in [0.05, 0.1) is 18.8 Å². The summed E-state index contributed by atoms with van der Waals surface area (Å²) in [6, 6.07) is 0. The van der Waals surface area contributed by atoms with Crippen molar-refractivity contribution in [3.05, 3.63) is 11.9 Å². The van der Waals surface area contributed by atoms with E-state index in [9.17, 15) is 0 Å². The van der Waals surface area contributed by atoms with Crippen LogP contribution in [-0.2, 0) is 17.8 Å². The first kappa shape index (κ1) is 15.1.